The van der Waals surface area contributed by atoms with Crippen molar-refractivity contribution in [2.45, 2.75) is 103 Å². The zero-order valence-electron chi connectivity index (χ0n) is 31.8. The Labute approximate surface area is 313 Å². The van der Waals surface area contributed by atoms with Crippen molar-refractivity contribution in [3.05, 3.63) is 77.2 Å². The molecule has 53 heavy (non-hydrogen) atoms. The second-order valence-electron chi connectivity index (χ2n) is 15.8. The third-order valence-electron chi connectivity index (χ3n) is 9.91. The molecule has 2 atom stereocenters. The second-order valence-corrected chi connectivity index (χ2v) is 15.8. The molecule has 2 saturated heterocycles. The van der Waals surface area contributed by atoms with Gasteiger partial charge < -0.3 is 30.2 Å². The fourth-order valence-electron chi connectivity index (χ4n) is 7.61. The normalized spacial score (nSPS) is 22.9. The van der Waals surface area contributed by atoms with E-state index < -0.39 is 23.4 Å². The number of hydrogen-bond donors (Lipinski definition) is 3. The maximum atomic E-state index is 14.5. The lowest BCUT2D eigenvalue weighted by Crippen LogP contribution is -2.53. The monoisotopic (exact) mass is 730 g/mol. The summed E-state index contributed by atoms with van der Waals surface area (Å²) < 4.78 is 31.7. The van der Waals surface area contributed by atoms with Gasteiger partial charge in [-0.3, -0.25) is 14.6 Å². The SMILES string of the molecule is C[C@@H]1CN(Cc2ccc(-c3cccc(Oc4ncc(F)cc4C(=O)NC4CCC(NC(=O)OC(C)(C)C)CC4)c3)c(CN3CCOCC3)c2)C[C@H](C)N1. The molecule has 1 aromatic heterocycles. The van der Waals surface area contributed by atoms with Crippen LogP contribution < -0.4 is 20.7 Å². The van der Waals surface area contributed by atoms with E-state index in [0.717, 1.165) is 75.9 Å². The Morgan fingerprint density at radius 1 is 0.925 bits per heavy atom. The van der Waals surface area contributed by atoms with Crippen molar-refractivity contribution in [3.63, 3.8) is 0 Å². The van der Waals surface area contributed by atoms with Crippen LogP contribution in [-0.4, -0.2) is 95.9 Å². The summed E-state index contributed by atoms with van der Waals surface area (Å²) >= 11 is 0. The number of carbonyl (C=O) groups is 2. The smallest absolute Gasteiger partial charge is 0.407 e. The number of pyridine rings is 1. The molecule has 3 aliphatic rings. The highest BCUT2D eigenvalue weighted by molar-refractivity contribution is 5.96. The van der Waals surface area contributed by atoms with E-state index in [0.29, 0.717) is 43.5 Å². The lowest BCUT2D eigenvalue weighted by molar-refractivity contribution is 0.0342. The van der Waals surface area contributed by atoms with E-state index in [1.807, 2.05) is 39.0 Å². The van der Waals surface area contributed by atoms with Crippen molar-refractivity contribution in [2.24, 2.45) is 0 Å². The second kappa shape index (κ2) is 17.4. The minimum Gasteiger partial charge on any atom is -0.444 e. The van der Waals surface area contributed by atoms with Gasteiger partial charge in [-0.2, -0.15) is 0 Å². The van der Waals surface area contributed by atoms with Gasteiger partial charge in [-0.1, -0.05) is 30.3 Å². The number of nitrogens with one attached hydrogen (secondary N) is 3. The minimum atomic E-state index is -0.626. The number of ether oxygens (including phenoxy) is 3. The van der Waals surface area contributed by atoms with Crippen molar-refractivity contribution in [2.75, 3.05) is 39.4 Å². The molecule has 3 N–H and O–H groups in total. The average Bonchev–Trinajstić information content (AvgIpc) is 3.09. The van der Waals surface area contributed by atoms with Crippen molar-refractivity contribution in [3.8, 4) is 22.8 Å². The van der Waals surface area contributed by atoms with Crippen LogP contribution in [0.25, 0.3) is 11.1 Å². The summed E-state index contributed by atoms with van der Waals surface area (Å²) in [6.07, 6.45) is 3.30. The summed E-state index contributed by atoms with van der Waals surface area (Å²) in [4.78, 5) is 34.9. The molecule has 3 fully saturated rings. The molecule has 11 nitrogen and oxygen atoms in total. The average molecular weight is 731 g/mol. The summed E-state index contributed by atoms with van der Waals surface area (Å²) in [5, 5.41) is 9.58. The van der Waals surface area contributed by atoms with Gasteiger partial charge in [0.25, 0.3) is 5.91 Å². The van der Waals surface area contributed by atoms with Crippen LogP contribution in [0.1, 0.15) is 81.8 Å². The lowest BCUT2D eigenvalue weighted by atomic mass is 9.91. The Morgan fingerprint density at radius 3 is 2.32 bits per heavy atom. The molecule has 1 saturated carbocycles. The van der Waals surface area contributed by atoms with Crippen LogP contribution in [0.3, 0.4) is 0 Å². The number of alkyl carbamates (subject to hydrolysis) is 1. The number of benzene rings is 2. The number of rotatable bonds is 10. The number of hydrogen-bond acceptors (Lipinski definition) is 9. The summed E-state index contributed by atoms with van der Waals surface area (Å²) in [7, 11) is 0. The Morgan fingerprint density at radius 2 is 1.62 bits per heavy atom. The highest BCUT2D eigenvalue weighted by Crippen LogP contribution is 2.32. The number of carbonyl (C=O) groups excluding carboxylic acids is 2. The molecule has 12 heteroatoms. The molecule has 2 aliphatic heterocycles. The third-order valence-corrected chi connectivity index (χ3v) is 9.91. The fraction of sp³-hybridized carbons (Fsp3) is 0.537. The highest BCUT2D eigenvalue weighted by atomic mass is 19.1. The molecule has 6 rings (SSSR count). The van der Waals surface area contributed by atoms with E-state index in [-0.39, 0.29) is 23.5 Å². The maximum Gasteiger partial charge on any atom is 0.407 e. The van der Waals surface area contributed by atoms with Crippen molar-refractivity contribution >= 4 is 12.0 Å². The van der Waals surface area contributed by atoms with Gasteiger partial charge in [0.05, 0.1) is 19.4 Å². The number of morpholine rings is 1. The van der Waals surface area contributed by atoms with Gasteiger partial charge in [0.1, 0.15) is 22.7 Å². The topological polar surface area (TPSA) is 117 Å². The first kappa shape index (κ1) is 38.6. The van der Waals surface area contributed by atoms with Gasteiger partial charge in [0, 0.05) is 63.4 Å². The molecule has 3 aromatic rings. The first-order chi connectivity index (χ1) is 25.4. The molecule has 2 aromatic carbocycles. The van der Waals surface area contributed by atoms with Crippen molar-refractivity contribution in [1.29, 1.82) is 0 Å². The van der Waals surface area contributed by atoms with Crippen LogP contribution in [0.4, 0.5) is 9.18 Å². The number of nitrogens with zero attached hydrogens (tertiary/aromatic N) is 3. The molecule has 0 radical (unpaired) electrons. The quantitative estimate of drug-likeness (QED) is 0.222. The van der Waals surface area contributed by atoms with E-state index in [4.69, 9.17) is 14.2 Å². The van der Waals surface area contributed by atoms with Crippen molar-refractivity contribution in [1.82, 2.24) is 30.7 Å². The molecule has 3 heterocycles. The largest absolute Gasteiger partial charge is 0.444 e. The minimum absolute atomic E-state index is 0.0262. The number of aromatic nitrogens is 1. The number of amides is 2. The van der Waals surface area contributed by atoms with E-state index in [1.54, 1.807) is 0 Å². The van der Waals surface area contributed by atoms with Crippen LogP contribution in [0, 0.1) is 5.82 Å². The van der Waals surface area contributed by atoms with Gasteiger partial charge in [-0.15, -0.1) is 0 Å². The zero-order chi connectivity index (χ0) is 37.5. The molecule has 286 valence electrons. The van der Waals surface area contributed by atoms with Crippen LogP contribution in [0.5, 0.6) is 11.6 Å². The predicted octanol–water partition coefficient (Wildman–Crippen LogP) is 6.26. The third kappa shape index (κ3) is 11.2. The molecule has 1 aliphatic carbocycles. The molecular formula is C41H55FN6O5. The molecular weight excluding hydrogens is 675 g/mol. The standard InChI is InChI=1S/C41H55FN6O5/c1-27-23-48(24-28(2)44-27)25-29-9-14-36(31(19-29)26-47-15-17-51-18-16-47)30-7-6-8-35(20-30)52-39-37(21-32(42)22-43-39)38(49)45-33-10-12-34(13-11-33)46-40(50)53-41(3,4)5/h6-9,14,19-22,27-28,33-34,44H,10-13,15-18,23-26H2,1-5H3,(H,45,49)(H,46,50)/t27-,28+,33?,34?. The summed E-state index contributed by atoms with van der Waals surface area (Å²) in [6.45, 7) is 16.9. The van der Waals surface area contributed by atoms with Gasteiger partial charge in [0.15, 0.2) is 0 Å². The Bertz CT molecular complexity index is 1710. The molecule has 2 amide bonds. The zero-order valence-corrected chi connectivity index (χ0v) is 31.8. The van der Waals surface area contributed by atoms with Gasteiger partial charge >= 0.3 is 6.09 Å². The first-order valence-corrected chi connectivity index (χ1v) is 19.0. The van der Waals surface area contributed by atoms with Gasteiger partial charge in [-0.25, -0.2) is 14.2 Å². The van der Waals surface area contributed by atoms with Crippen LogP contribution in [0.15, 0.2) is 54.7 Å². The Kier molecular flexibility index (Phi) is 12.7. The highest BCUT2D eigenvalue weighted by Gasteiger charge is 2.28. The first-order valence-electron chi connectivity index (χ1n) is 19.0. The van der Waals surface area contributed by atoms with E-state index in [2.05, 4.69) is 68.8 Å². The Hall–Kier alpha value is -4.10. The molecule has 0 bridgehead atoms. The van der Waals surface area contributed by atoms with Crippen molar-refractivity contribution < 1.29 is 28.2 Å². The number of halogens is 1. The molecule has 0 unspecified atom stereocenters. The summed E-state index contributed by atoms with van der Waals surface area (Å²) in [6, 6.07) is 16.4. The van der Waals surface area contributed by atoms with E-state index in [9.17, 15) is 14.0 Å². The Balaban J connectivity index is 1.15. The van der Waals surface area contributed by atoms with E-state index >= 15 is 0 Å². The van der Waals surface area contributed by atoms with Crippen LogP contribution in [-0.2, 0) is 22.6 Å². The van der Waals surface area contributed by atoms with E-state index in [1.165, 1.54) is 11.1 Å². The summed E-state index contributed by atoms with van der Waals surface area (Å²) in [5.41, 5.74) is 4.05. The van der Waals surface area contributed by atoms with Crippen LogP contribution in [0.2, 0.25) is 0 Å². The maximum absolute atomic E-state index is 14.5. The molecule has 0 spiro atoms. The summed E-state index contributed by atoms with van der Waals surface area (Å²) in [5.74, 6) is -0.554. The number of piperazine rings is 1. The van der Waals surface area contributed by atoms with Crippen LogP contribution >= 0.6 is 0 Å². The predicted molar refractivity (Wildman–Crippen MR) is 202 cm³/mol. The van der Waals surface area contributed by atoms with Gasteiger partial charge in [0.2, 0.25) is 5.88 Å². The lowest BCUT2D eigenvalue weighted by Gasteiger charge is -2.36. The fourth-order valence-corrected chi connectivity index (χ4v) is 7.61. The van der Waals surface area contributed by atoms with Gasteiger partial charge in [-0.05, 0) is 101 Å².